The van der Waals surface area contributed by atoms with Gasteiger partial charge in [0, 0.05) is 42.4 Å². The van der Waals surface area contributed by atoms with Crippen LogP contribution in [0.1, 0.15) is 44.9 Å². The molecule has 8 heteroatoms. The average molecular weight is 485 g/mol. The average Bonchev–Trinajstić information content (AvgIpc) is 3.11. The molecule has 0 fully saturated rings. The van der Waals surface area contributed by atoms with Crippen LogP contribution in [-0.4, -0.2) is 38.0 Å². The van der Waals surface area contributed by atoms with Crippen LogP contribution in [0.4, 0.5) is 11.5 Å². The normalized spacial score (nSPS) is 15.1. The zero-order chi connectivity index (χ0) is 24.4. The van der Waals surface area contributed by atoms with E-state index >= 15 is 0 Å². The Labute approximate surface area is 209 Å². The molecule has 0 unspecified atom stereocenters. The van der Waals surface area contributed by atoms with E-state index in [0.717, 1.165) is 58.6 Å². The van der Waals surface area contributed by atoms with Crippen molar-refractivity contribution in [2.75, 3.05) is 22.9 Å². The van der Waals surface area contributed by atoms with Crippen LogP contribution in [0.3, 0.4) is 0 Å². The number of pyridine rings is 2. The Morgan fingerprint density at radius 3 is 2.74 bits per heavy atom. The van der Waals surface area contributed by atoms with Gasteiger partial charge in [-0.25, -0.2) is 4.68 Å². The summed E-state index contributed by atoms with van der Waals surface area (Å²) in [7, 11) is 0. The molecular weight excluding hydrogens is 456 g/mol. The van der Waals surface area contributed by atoms with Gasteiger partial charge in [0.2, 0.25) is 0 Å². The summed E-state index contributed by atoms with van der Waals surface area (Å²) < 4.78 is 2.03. The summed E-state index contributed by atoms with van der Waals surface area (Å²) in [6.07, 6.45) is 3.53. The molecule has 3 aromatic heterocycles. The van der Waals surface area contributed by atoms with Gasteiger partial charge in [-0.05, 0) is 68.3 Å². The molecule has 1 aliphatic rings. The second-order valence-corrected chi connectivity index (χ2v) is 9.69. The topological polar surface area (TPSA) is 84.7 Å². The first-order valence-corrected chi connectivity index (χ1v) is 12.8. The van der Waals surface area contributed by atoms with Crippen LogP contribution < -0.4 is 10.6 Å². The maximum Gasteiger partial charge on any atom is 0.255 e. The number of hydrogen-bond donors (Lipinski definition) is 2. The molecule has 0 radical (unpaired) electrons. The van der Waals surface area contributed by atoms with Gasteiger partial charge >= 0.3 is 0 Å². The van der Waals surface area contributed by atoms with Crippen molar-refractivity contribution in [2.45, 2.75) is 32.6 Å². The Morgan fingerprint density at radius 1 is 1.14 bits per heavy atom. The number of hydrogen-bond acceptors (Lipinski definition) is 6. The number of anilines is 2. The Balaban J connectivity index is 1.53. The summed E-state index contributed by atoms with van der Waals surface area (Å²) in [4.78, 5) is 21.8. The van der Waals surface area contributed by atoms with Crippen LogP contribution >= 0.6 is 11.8 Å². The van der Waals surface area contributed by atoms with E-state index in [2.05, 4.69) is 40.5 Å². The molecule has 178 valence electrons. The van der Waals surface area contributed by atoms with Gasteiger partial charge in [-0.15, -0.1) is 11.8 Å². The van der Waals surface area contributed by atoms with E-state index in [9.17, 15) is 4.79 Å². The summed E-state index contributed by atoms with van der Waals surface area (Å²) in [6, 6.07) is 15.6. The number of aryl methyl sites for hydroxylation is 3. The van der Waals surface area contributed by atoms with Crippen LogP contribution in [-0.2, 0) is 6.54 Å². The van der Waals surface area contributed by atoms with E-state index in [1.807, 2.05) is 72.0 Å². The molecule has 1 aliphatic heterocycles. The molecule has 0 saturated heterocycles. The number of carbonyl (C=O) groups is 1. The van der Waals surface area contributed by atoms with Crippen molar-refractivity contribution in [1.82, 2.24) is 19.7 Å². The quantitative estimate of drug-likeness (QED) is 0.390. The number of carbonyl (C=O) groups excluding carboxylic acids is 1. The van der Waals surface area contributed by atoms with E-state index in [1.54, 1.807) is 6.20 Å². The van der Waals surface area contributed by atoms with Gasteiger partial charge in [-0.1, -0.05) is 12.1 Å². The van der Waals surface area contributed by atoms with Crippen molar-refractivity contribution < 1.29 is 4.79 Å². The fourth-order valence-corrected chi connectivity index (χ4v) is 5.72. The second kappa shape index (κ2) is 9.92. The SMILES string of the molecule is CCn1nc(-c2ccccn2)c2c1NCCS[C@@H]2c1ccc(C(=O)Nc2cccnc2C)cc1C. The Kier molecular flexibility index (Phi) is 6.55. The molecule has 1 aromatic carbocycles. The number of thioether (sulfide) groups is 1. The zero-order valence-corrected chi connectivity index (χ0v) is 20.9. The van der Waals surface area contributed by atoms with Crippen LogP contribution in [0.15, 0.2) is 60.9 Å². The highest BCUT2D eigenvalue weighted by molar-refractivity contribution is 7.99. The Morgan fingerprint density at radius 2 is 2.00 bits per heavy atom. The van der Waals surface area contributed by atoms with E-state index in [0.29, 0.717) is 5.56 Å². The molecule has 1 amide bonds. The lowest BCUT2D eigenvalue weighted by Gasteiger charge is -2.19. The van der Waals surface area contributed by atoms with E-state index < -0.39 is 0 Å². The van der Waals surface area contributed by atoms with E-state index in [4.69, 9.17) is 5.10 Å². The fraction of sp³-hybridized carbons (Fsp3) is 0.259. The predicted octanol–water partition coefficient (Wildman–Crippen LogP) is 5.48. The molecule has 35 heavy (non-hydrogen) atoms. The van der Waals surface area contributed by atoms with Crippen LogP contribution in [0.2, 0.25) is 0 Å². The van der Waals surface area contributed by atoms with Gasteiger partial charge in [-0.2, -0.15) is 5.10 Å². The molecule has 0 bridgehead atoms. The number of amides is 1. The number of benzene rings is 1. The van der Waals surface area contributed by atoms with Crippen molar-refractivity contribution in [3.63, 3.8) is 0 Å². The molecule has 4 heterocycles. The summed E-state index contributed by atoms with van der Waals surface area (Å²) >= 11 is 1.89. The number of rotatable bonds is 5. The highest BCUT2D eigenvalue weighted by atomic mass is 32.2. The molecule has 0 saturated carbocycles. The highest BCUT2D eigenvalue weighted by Gasteiger charge is 2.31. The van der Waals surface area contributed by atoms with Gasteiger partial charge in [0.1, 0.15) is 11.5 Å². The number of nitrogens with one attached hydrogen (secondary N) is 2. The monoisotopic (exact) mass is 484 g/mol. The Hall–Kier alpha value is -3.65. The first-order chi connectivity index (χ1) is 17.1. The lowest BCUT2D eigenvalue weighted by atomic mass is 9.96. The molecule has 5 rings (SSSR count). The molecule has 0 spiro atoms. The molecule has 7 nitrogen and oxygen atoms in total. The van der Waals surface area contributed by atoms with Gasteiger partial charge in [-0.3, -0.25) is 14.8 Å². The number of aromatic nitrogens is 4. The molecular formula is C27H28N6OS. The minimum Gasteiger partial charge on any atom is -0.369 e. The van der Waals surface area contributed by atoms with Gasteiger partial charge in [0.25, 0.3) is 5.91 Å². The van der Waals surface area contributed by atoms with Crippen molar-refractivity contribution in [2.24, 2.45) is 0 Å². The fourth-order valence-electron chi connectivity index (χ4n) is 4.43. The Bertz CT molecular complexity index is 1370. The maximum atomic E-state index is 13.0. The van der Waals surface area contributed by atoms with Crippen LogP contribution in [0.25, 0.3) is 11.4 Å². The summed E-state index contributed by atoms with van der Waals surface area (Å²) in [5.74, 6) is 1.88. The molecule has 0 aliphatic carbocycles. The minimum atomic E-state index is -0.139. The lowest BCUT2D eigenvalue weighted by molar-refractivity contribution is 0.102. The zero-order valence-electron chi connectivity index (χ0n) is 20.1. The van der Waals surface area contributed by atoms with E-state index in [1.165, 1.54) is 5.56 Å². The second-order valence-electron chi connectivity index (χ2n) is 8.48. The van der Waals surface area contributed by atoms with Gasteiger partial charge in [0.05, 0.1) is 22.3 Å². The third-order valence-electron chi connectivity index (χ3n) is 6.21. The van der Waals surface area contributed by atoms with Crippen molar-refractivity contribution in [3.05, 3.63) is 88.9 Å². The van der Waals surface area contributed by atoms with Crippen LogP contribution in [0.5, 0.6) is 0 Å². The maximum absolute atomic E-state index is 13.0. The van der Waals surface area contributed by atoms with E-state index in [-0.39, 0.29) is 11.2 Å². The summed E-state index contributed by atoms with van der Waals surface area (Å²) in [6.45, 7) is 7.70. The largest absolute Gasteiger partial charge is 0.369 e. The van der Waals surface area contributed by atoms with Crippen molar-refractivity contribution >= 4 is 29.2 Å². The van der Waals surface area contributed by atoms with Crippen LogP contribution in [0, 0.1) is 13.8 Å². The predicted molar refractivity (Wildman–Crippen MR) is 142 cm³/mol. The third kappa shape index (κ3) is 4.53. The summed E-state index contributed by atoms with van der Waals surface area (Å²) in [5, 5.41) is 11.6. The standard InChI is InChI=1S/C27H28N6OS/c1-4-33-26-23(24(32-33)22-8-5-6-12-29-22)25(35-15-14-30-26)20-11-10-19(16-17(20)2)27(34)31-21-9-7-13-28-18(21)3/h5-13,16,25,30H,4,14-15H2,1-3H3,(H,31,34)/t25-/m1/s1. The minimum absolute atomic E-state index is 0.0787. The summed E-state index contributed by atoms with van der Waals surface area (Å²) in [5.41, 5.74) is 7.32. The van der Waals surface area contributed by atoms with Gasteiger partial charge in [0.15, 0.2) is 0 Å². The van der Waals surface area contributed by atoms with Crippen molar-refractivity contribution in [1.29, 1.82) is 0 Å². The third-order valence-corrected chi connectivity index (χ3v) is 7.47. The first kappa shape index (κ1) is 23.1. The molecule has 2 N–H and O–H groups in total. The van der Waals surface area contributed by atoms with Gasteiger partial charge < -0.3 is 10.6 Å². The molecule has 4 aromatic rings. The highest BCUT2D eigenvalue weighted by Crippen LogP contribution is 2.46. The lowest BCUT2D eigenvalue weighted by Crippen LogP contribution is -2.14. The number of nitrogens with zero attached hydrogens (tertiary/aromatic N) is 4. The van der Waals surface area contributed by atoms with Crippen molar-refractivity contribution in [3.8, 4) is 11.4 Å². The first-order valence-electron chi connectivity index (χ1n) is 11.8. The smallest absolute Gasteiger partial charge is 0.255 e. The number of fused-ring (bicyclic) bond motifs is 1. The molecule has 1 atom stereocenters.